The van der Waals surface area contributed by atoms with Crippen molar-refractivity contribution in [1.82, 2.24) is 10.3 Å². The molecule has 2 N–H and O–H groups in total. The van der Waals surface area contributed by atoms with Gasteiger partial charge in [-0.3, -0.25) is 4.79 Å². The third kappa shape index (κ3) is 4.14. The predicted molar refractivity (Wildman–Crippen MR) is 112 cm³/mol. The number of ether oxygens (including phenoxy) is 2. The lowest BCUT2D eigenvalue weighted by atomic mass is 9.89. The Balaban J connectivity index is 2.04. The van der Waals surface area contributed by atoms with Crippen molar-refractivity contribution in [2.24, 2.45) is 5.92 Å². The van der Waals surface area contributed by atoms with E-state index in [0.717, 1.165) is 22.0 Å². The Hall–Kier alpha value is -2.95. The van der Waals surface area contributed by atoms with E-state index in [9.17, 15) is 4.79 Å². The minimum Gasteiger partial charge on any atom is -0.493 e. The van der Waals surface area contributed by atoms with E-state index >= 15 is 0 Å². The molecular formula is C23H28N2O3. The Kier molecular flexibility index (Phi) is 6.24. The molecule has 1 amide bonds. The molecule has 1 heterocycles. The third-order valence-corrected chi connectivity index (χ3v) is 4.90. The molecule has 5 nitrogen and oxygen atoms in total. The second-order valence-electron chi connectivity index (χ2n) is 7.33. The first-order valence-electron chi connectivity index (χ1n) is 9.58. The number of para-hydroxylation sites is 2. The quantitative estimate of drug-likeness (QED) is 0.606. The number of nitrogens with one attached hydrogen (secondary N) is 2. The fourth-order valence-corrected chi connectivity index (χ4v) is 3.61. The summed E-state index contributed by atoms with van der Waals surface area (Å²) in [5, 5.41) is 4.24. The molecule has 1 atom stereocenters. The van der Waals surface area contributed by atoms with Crippen molar-refractivity contribution >= 4 is 16.8 Å². The number of aromatic nitrogens is 1. The van der Waals surface area contributed by atoms with Gasteiger partial charge < -0.3 is 19.8 Å². The number of carbonyl (C=O) groups is 1. The first-order chi connectivity index (χ1) is 13.5. The zero-order valence-corrected chi connectivity index (χ0v) is 16.9. The summed E-state index contributed by atoms with van der Waals surface area (Å²) < 4.78 is 11.2. The molecule has 0 aliphatic carbocycles. The van der Waals surface area contributed by atoms with Gasteiger partial charge in [0.05, 0.1) is 14.2 Å². The molecule has 3 aromatic rings. The van der Waals surface area contributed by atoms with Gasteiger partial charge in [-0.25, -0.2) is 0 Å². The highest BCUT2D eigenvalue weighted by atomic mass is 16.5. The second-order valence-corrected chi connectivity index (χ2v) is 7.33. The van der Waals surface area contributed by atoms with Gasteiger partial charge in [-0.15, -0.1) is 0 Å². The third-order valence-electron chi connectivity index (χ3n) is 4.90. The molecule has 2 aromatic carbocycles. The van der Waals surface area contributed by atoms with Crippen LogP contribution in [-0.4, -0.2) is 31.7 Å². The zero-order chi connectivity index (χ0) is 20.1. The predicted octanol–water partition coefficient (Wildman–Crippen LogP) is 4.48. The van der Waals surface area contributed by atoms with Crippen molar-refractivity contribution in [2.45, 2.75) is 26.2 Å². The first kappa shape index (κ1) is 19.8. The van der Waals surface area contributed by atoms with Crippen molar-refractivity contribution in [3.05, 3.63) is 59.8 Å². The van der Waals surface area contributed by atoms with Gasteiger partial charge in [0, 0.05) is 41.5 Å². The molecule has 0 spiro atoms. The van der Waals surface area contributed by atoms with Crippen LogP contribution < -0.4 is 14.8 Å². The highest BCUT2D eigenvalue weighted by Crippen LogP contribution is 2.40. The van der Waals surface area contributed by atoms with Gasteiger partial charge >= 0.3 is 0 Å². The topological polar surface area (TPSA) is 63.3 Å². The summed E-state index contributed by atoms with van der Waals surface area (Å²) in [4.78, 5) is 15.7. The largest absolute Gasteiger partial charge is 0.493 e. The van der Waals surface area contributed by atoms with Gasteiger partial charge in [-0.2, -0.15) is 0 Å². The molecule has 0 aliphatic heterocycles. The maximum Gasteiger partial charge on any atom is 0.220 e. The van der Waals surface area contributed by atoms with E-state index in [4.69, 9.17) is 9.47 Å². The van der Waals surface area contributed by atoms with Crippen molar-refractivity contribution < 1.29 is 14.3 Å². The van der Waals surface area contributed by atoms with E-state index in [-0.39, 0.29) is 11.8 Å². The van der Waals surface area contributed by atoms with Crippen molar-refractivity contribution in [1.29, 1.82) is 0 Å². The molecule has 0 aliphatic rings. The number of carbonyl (C=O) groups excluding carboxylic acids is 1. The van der Waals surface area contributed by atoms with Crippen LogP contribution in [0.4, 0.5) is 0 Å². The summed E-state index contributed by atoms with van der Waals surface area (Å²) in [5.41, 5.74) is 3.17. The highest BCUT2D eigenvalue weighted by molar-refractivity contribution is 5.84. The normalized spacial score (nSPS) is 12.2. The maximum atomic E-state index is 12.3. The van der Waals surface area contributed by atoms with Crippen LogP contribution in [0.25, 0.3) is 10.9 Å². The fraction of sp³-hybridized carbons (Fsp3) is 0.348. The Morgan fingerprint density at radius 3 is 2.54 bits per heavy atom. The second kappa shape index (κ2) is 8.83. The number of methoxy groups -OCH3 is 2. The van der Waals surface area contributed by atoms with Crippen LogP contribution in [0.5, 0.6) is 11.5 Å². The molecule has 0 bridgehead atoms. The van der Waals surface area contributed by atoms with E-state index in [1.165, 1.54) is 0 Å². The Morgan fingerprint density at radius 2 is 1.82 bits per heavy atom. The molecule has 0 saturated heterocycles. The molecule has 0 fully saturated rings. The first-order valence-corrected chi connectivity index (χ1v) is 9.58. The van der Waals surface area contributed by atoms with Crippen LogP contribution >= 0.6 is 0 Å². The van der Waals surface area contributed by atoms with Crippen LogP contribution in [-0.2, 0) is 4.79 Å². The summed E-state index contributed by atoms with van der Waals surface area (Å²) in [7, 11) is 3.28. The molecule has 0 unspecified atom stereocenters. The van der Waals surface area contributed by atoms with Crippen LogP contribution in [0, 0.1) is 5.92 Å². The van der Waals surface area contributed by atoms with Gasteiger partial charge in [-0.1, -0.05) is 44.2 Å². The number of H-pyrrole nitrogens is 1. The SMILES string of the molecule is COc1cccc([C@@H](CNC(=O)CC(C)C)c2c[nH]c3ccccc23)c1OC. The average Bonchev–Trinajstić information content (AvgIpc) is 3.11. The summed E-state index contributed by atoms with van der Waals surface area (Å²) in [6, 6.07) is 14.0. The van der Waals surface area contributed by atoms with E-state index < -0.39 is 0 Å². The molecule has 0 radical (unpaired) electrons. The standard InChI is InChI=1S/C23H28N2O3/c1-15(2)12-22(26)25-14-19(17-9-7-11-21(27-3)23(17)28-4)18-13-24-20-10-6-5-8-16(18)20/h5-11,13,15,19,24H,12,14H2,1-4H3,(H,25,26)/t19-/m1/s1. The summed E-state index contributed by atoms with van der Waals surface area (Å²) in [6.07, 6.45) is 2.53. The van der Waals surface area contributed by atoms with Crippen molar-refractivity contribution in [2.75, 3.05) is 20.8 Å². The van der Waals surface area contributed by atoms with Gasteiger partial charge in [0.2, 0.25) is 5.91 Å². The van der Waals surface area contributed by atoms with Gasteiger partial charge in [0.15, 0.2) is 11.5 Å². The van der Waals surface area contributed by atoms with Crippen LogP contribution in [0.1, 0.15) is 37.3 Å². The van der Waals surface area contributed by atoms with Gasteiger partial charge in [-0.05, 0) is 23.6 Å². The van der Waals surface area contributed by atoms with E-state index in [0.29, 0.717) is 30.4 Å². The van der Waals surface area contributed by atoms with Crippen LogP contribution in [0.2, 0.25) is 0 Å². The molecule has 3 rings (SSSR count). The number of hydrogen-bond acceptors (Lipinski definition) is 3. The van der Waals surface area contributed by atoms with Crippen LogP contribution in [0.15, 0.2) is 48.7 Å². The number of rotatable bonds is 8. The highest BCUT2D eigenvalue weighted by Gasteiger charge is 2.24. The number of aromatic amines is 1. The maximum absolute atomic E-state index is 12.3. The number of amides is 1. The Morgan fingerprint density at radius 1 is 1.04 bits per heavy atom. The fourth-order valence-electron chi connectivity index (χ4n) is 3.61. The number of benzene rings is 2. The minimum atomic E-state index is -0.0719. The Labute approximate surface area is 166 Å². The summed E-state index contributed by atoms with van der Waals surface area (Å²) in [6.45, 7) is 4.57. The average molecular weight is 380 g/mol. The summed E-state index contributed by atoms with van der Waals surface area (Å²) >= 11 is 0. The van der Waals surface area contributed by atoms with Gasteiger partial charge in [0.25, 0.3) is 0 Å². The number of hydrogen-bond donors (Lipinski definition) is 2. The number of fused-ring (bicyclic) bond motifs is 1. The lowest BCUT2D eigenvalue weighted by Gasteiger charge is -2.22. The van der Waals surface area contributed by atoms with E-state index in [1.54, 1.807) is 14.2 Å². The van der Waals surface area contributed by atoms with E-state index in [1.807, 2.05) is 50.4 Å². The molecule has 1 aromatic heterocycles. The molecule has 0 saturated carbocycles. The molecule has 5 heteroatoms. The molecule has 28 heavy (non-hydrogen) atoms. The molecular weight excluding hydrogens is 352 g/mol. The lowest BCUT2D eigenvalue weighted by molar-refractivity contribution is -0.121. The Bertz CT molecular complexity index is 946. The lowest BCUT2D eigenvalue weighted by Crippen LogP contribution is -2.29. The van der Waals surface area contributed by atoms with Crippen LogP contribution in [0.3, 0.4) is 0 Å². The van der Waals surface area contributed by atoms with E-state index in [2.05, 4.69) is 22.4 Å². The molecule has 148 valence electrons. The van der Waals surface area contributed by atoms with Crippen molar-refractivity contribution in [3.8, 4) is 11.5 Å². The summed E-state index contributed by atoms with van der Waals surface area (Å²) in [5.74, 6) is 1.67. The minimum absolute atomic E-state index is 0.0571. The van der Waals surface area contributed by atoms with Crippen molar-refractivity contribution in [3.63, 3.8) is 0 Å². The monoisotopic (exact) mass is 380 g/mol. The smallest absolute Gasteiger partial charge is 0.220 e. The zero-order valence-electron chi connectivity index (χ0n) is 16.9. The van der Waals surface area contributed by atoms with Gasteiger partial charge in [0.1, 0.15) is 0 Å².